The van der Waals surface area contributed by atoms with Crippen LogP contribution in [0.2, 0.25) is 0 Å². The van der Waals surface area contributed by atoms with Crippen LogP contribution in [0.1, 0.15) is 54.4 Å². The van der Waals surface area contributed by atoms with Crippen LogP contribution < -0.4 is 0 Å². The fraction of sp³-hybridized carbons (Fsp3) is 0.917. The zero-order valence-electron chi connectivity index (χ0n) is 9.70. The second-order valence-electron chi connectivity index (χ2n) is 5.29. The minimum atomic E-state index is 0.203. The normalized spacial score (nSPS) is 16.2. The molecule has 0 aliphatic rings. The van der Waals surface area contributed by atoms with Gasteiger partial charge < -0.3 is 0 Å². The van der Waals surface area contributed by atoms with E-state index < -0.39 is 0 Å². The van der Waals surface area contributed by atoms with Crippen LogP contribution in [-0.4, -0.2) is 0 Å². The van der Waals surface area contributed by atoms with Gasteiger partial charge in [-0.2, -0.15) is 0 Å². The predicted octanol–water partition coefficient (Wildman–Crippen LogP) is 4.31. The molecule has 0 amide bonds. The van der Waals surface area contributed by atoms with E-state index in [-0.39, 0.29) is 5.41 Å². The lowest BCUT2D eigenvalue weighted by Gasteiger charge is -2.42. The first kappa shape index (κ1) is 12.0. The number of hydrogen-bond donors (Lipinski definition) is 0. The highest BCUT2D eigenvalue weighted by Crippen LogP contribution is 2.43. The highest BCUT2D eigenvalue weighted by Gasteiger charge is 2.35. The SMILES string of the molecule is [CH2]C(C)(C)C(CC)C(C)(C)CC. The van der Waals surface area contributed by atoms with Gasteiger partial charge in [-0.05, 0) is 23.7 Å². The van der Waals surface area contributed by atoms with E-state index in [9.17, 15) is 0 Å². The minimum Gasteiger partial charge on any atom is -0.0651 e. The van der Waals surface area contributed by atoms with Crippen molar-refractivity contribution in [3.05, 3.63) is 6.92 Å². The third-order valence-corrected chi connectivity index (χ3v) is 3.21. The summed E-state index contributed by atoms with van der Waals surface area (Å²) in [6.45, 7) is 18.0. The molecule has 0 heteroatoms. The number of rotatable bonds is 4. The van der Waals surface area contributed by atoms with Crippen molar-refractivity contribution >= 4 is 0 Å². The first-order chi connectivity index (χ1) is 5.25. The molecule has 1 radical (unpaired) electrons. The Hall–Kier alpha value is 0. The van der Waals surface area contributed by atoms with Crippen LogP contribution in [0.3, 0.4) is 0 Å². The standard InChI is InChI=1S/C12H25/c1-8-10(11(3,4)5)12(6,7)9-2/h10H,3,8-9H2,1-2,4-7H3. The predicted molar refractivity (Wildman–Crippen MR) is 57.0 cm³/mol. The lowest BCUT2D eigenvalue weighted by Crippen LogP contribution is -2.33. The molecule has 0 fully saturated rings. The Morgan fingerprint density at radius 3 is 1.58 bits per heavy atom. The van der Waals surface area contributed by atoms with Gasteiger partial charge in [0.15, 0.2) is 0 Å². The van der Waals surface area contributed by atoms with E-state index in [0.717, 1.165) is 5.92 Å². The van der Waals surface area contributed by atoms with Crippen molar-refractivity contribution in [1.29, 1.82) is 0 Å². The van der Waals surface area contributed by atoms with Crippen LogP contribution in [0.15, 0.2) is 0 Å². The summed E-state index contributed by atoms with van der Waals surface area (Å²) in [7, 11) is 0. The summed E-state index contributed by atoms with van der Waals surface area (Å²) >= 11 is 0. The first-order valence-electron chi connectivity index (χ1n) is 5.11. The molecule has 0 saturated heterocycles. The van der Waals surface area contributed by atoms with Gasteiger partial charge in [-0.25, -0.2) is 0 Å². The summed E-state index contributed by atoms with van der Waals surface area (Å²) in [6.07, 6.45) is 2.47. The fourth-order valence-electron chi connectivity index (χ4n) is 2.41. The van der Waals surface area contributed by atoms with Crippen molar-refractivity contribution in [1.82, 2.24) is 0 Å². The van der Waals surface area contributed by atoms with Gasteiger partial charge in [-0.3, -0.25) is 0 Å². The van der Waals surface area contributed by atoms with Crippen molar-refractivity contribution in [3.63, 3.8) is 0 Å². The maximum atomic E-state index is 4.26. The lowest BCUT2D eigenvalue weighted by atomic mass is 9.63. The van der Waals surface area contributed by atoms with Gasteiger partial charge in [0, 0.05) is 0 Å². The molecular weight excluding hydrogens is 144 g/mol. The Morgan fingerprint density at radius 2 is 1.50 bits per heavy atom. The van der Waals surface area contributed by atoms with Crippen LogP contribution >= 0.6 is 0 Å². The zero-order chi connectivity index (χ0) is 9.99. The van der Waals surface area contributed by atoms with E-state index in [1.807, 2.05) is 0 Å². The van der Waals surface area contributed by atoms with Crippen molar-refractivity contribution in [2.45, 2.75) is 54.4 Å². The first-order valence-corrected chi connectivity index (χ1v) is 5.11. The monoisotopic (exact) mass is 169 g/mol. The average molecular weight is 169 g/mol. The molecule has 0 N–H and O–H groups in total. The Labute approximate surface area is 78.8 Å². The highest BCUT2D eigenvalue weighted by atomic mass is 14.4. The Kier molecular flexibility index (Phi) is 3.81. The molecule has 0 spiro atoms. The number of hydrogen-bond acceptors (Lipinski definition) is 0. The molecule has 0 rings (SSSR count). The average Bonchev–Trinajstić information content (AvgIpc) is 1.85. The van der Waals surface area contributed by atoms with E-state index in [1.54, 1.807) is 0 Å². The van der Waals surface area contributed by atoms with Crippen molar-refractivity contribution in [2.24, 2.45) is 16.7 Å². The molecule has 0 aliphatic carbocycles. The van der Waals surface area contributed by atoms with E-state index >= 15 is 0 Å². The molecule has 0 saturated carbocycles. The highest BCUT2D eigenvalue weighted by molar-refractivity contribution is 4.88. The Bertz CT molecular complexity index is 125. The fourth-order valence-corrected chi connectivity index (χ4v) is 2.41. The molecule has 0 aromatic heterocycles. The van der Waals surface area contributed by atoms with E-state index in [0.29, 0.717) is 5.41 Å². The van der Waals surface area contributed by atoms with Gasteiger partial charge in [0.05, 0.1) is 0 Å². The van der Waals surface area contributed by atoms with Gasteiger partial charge in [-0.15, -0.1) is 0 Å². The summed E-state index contributed by atoms with van der Waals surface area (Å²) in [6, 6.07) is 0. The van der Waals surface area contributed by atoms with Crippen LogP contribution in [0.4, 0.5) is 0 Å². The summed E-state index contributed by atoms with van der Waals surface area (Å²) in [4.78, 5) is 0. The third-order valence-electron chi connectivity index (χ3n) is 3.21. The molecule has 0 aliphatic heterocycles. The molecular formula is C12H25. The van der Waals surface area contributed by atoms with Gasteiger partial charge in [-0.1, -0.05) is 54.4 Å². The zero-order valence-corrected chi connectivity index (χ0v) is 9.70. The van der Waals surface area contributed by atoms with Crippen molar-refractivity contribution < 1.29 is 0 Å². The largest absolute Gasteiger partial charge is 0.0651 e. The Balaban J connectivity index is 4.56. The topological polar surface area (TPSA) is 0 Å². The van der Waals surface area contributed by atoms with E-state index in [4.69, 9.17) is 0 Å². The second-order valence-corrected chi connectivity index (χ2v) is 5.29. The summed E-state index contributed by atoms with van der Waals surface area (Å²) in [5, 5.41) is 0. The summed E-state index contributed by atoms with van der Waals surface area (Å²) < 4.78 is 0. The molecule has 0 aromatic rings. The molecule has 1 unspecified atom stereocenters. The smallest absolute Gasteiger partial charge is 0.0314 e. The van der Waals surface area contributed by atoms with E-state index in [1.165, 1.54) is 12.8 Å². The lowest BCUT2D eigenvalue weighted by molar-refractivity contribution is 0.0969. The molecule has 0 bridgehead atoms. The van der Waals surface area contributed by atoms with Crippen LogP contribution in [0.25, 0.3) is 0 Å². The maximum absolute atomic E-state index is 4.26. The molecule has 73 valence electrons. The Morgan fingerprint density at radius 1 is 1.08 bits per heavy atom. The van der Waals surface area contributed by atoms with Crippen molar-refractivity contribution in [3.8, 4) is 0 Å². The maximum Gasteiger partial charge on any atom is -0.0314 e. The second kappa shape index (κ2) is 3.81. The van der Waals surface area contributed by atoms with Gasteiger partial charge >= 0.3 is 0 Å². The molecule has 0 heterocycles. The molecule has 1 atom stereocenters. The van der Waals surface area contributed by atoms with Gasteiger partial charge in [0.1, 0.15) is 0 Å². The molecule has 12 heavy (non-hydrogen) atoms. The quantitative estimate of drug-likeness (QED) is 0.588. The summed E-state index contributed by atoms with van der Waals surface area (Å²) in [5.41, 5.74) is 0.633. The van der Waals surface area contributed by atoms with E-state index in [2.05, 4.69) is 48.5 Å². The van der Waals surface area contributed by atoms with Crippen LogP contribution in [-0.2, 0) is 0 Å². The minimum absolute atomic E-state index is 0.203. The third kappa shape index (κ3) is 2.80. The van der Waals surface area contributed by atoms with Gasteiger partial charge in [0.2, 0.25) is 0 Å². The van der Waals surface area contributed by atoms with Gasteiger partial charge in [0.25, 0.3) is 0 Å². The molecule has 0 aromatic carbocycles. The molecule has 0 nitrogen and oxygen atoms in total. The van der Waals surface area contributed by atoms with Crippen LogP contribution in [0.5, 0.6) is 0 Å². The van der Waals surface area contributed by atoms with Crippen LogP contribution in [0, 0.1) is 23.7 Å². The summed E-state index contributed by atoms with van der Waals surface area (Å²) in [5.74, 6) is 0.718. The van der Waals surface area contributed by atoms with Crippen molar-refractivity contribution in [2.75, 3.05) is 0 Å².